The first kappa shape index (κ1) is 17.8. The molecule has 2 rings (SSSR count). The summed E-state index contributed by atoms with van der Waals surface area (Å²) in [5.41, 5.74) is 1.01. The molecule has 0 aromatic heterocycles. The highest BCUT2D eigenvalue weighted by Crippen LogP contribution is 2.18. The van der Waals surface area contributed by atoms with E-state index < -0.39 is 6.10 Å². The number of carbonyl (C=O) groups excluding carboxylic acids is 1. The number of hydrogen-bond donors (Lipinski definition) is 1. The van der Waals surface area contributed by atoms with Gasteiger partial charge in [-0.1, -0.05) is 12.1 Å². The fourth-order valence-corrected chi connectivity index (χ4v) is 2.96. The van der Waals surface area contributed by atoms with Gasteiger partial charge in [-0.05, 0) is 57.0 Å². The molecule has 1 aromatic rings. The Kier molecular flexibility index (Phi) is 6.86. The number of carbonyl (C=O) groups is 1. The van der Waals surface area contributed by atoms with E-state index in [2.05, 4.69) is 5.32 Å². The fourth-order valence-electron chi connectivity index (χ4n) is 2.96. The van der Waals surface area contributed by atoms with Crippen molar-refractivity contribution >= 4 is 5.91 Å². The summed E-state index contributed by atoms with van der Waals surface area (Å²) in [5, 5.41) is 3.21. The van der Waals surface area contributed by atoms with Crippen molar-refractivity contribution in [1.29, 1.82) is 0 Å². The van der Waals surface area contributed by atoms with E-state index in [0.717, 1.165) is 43.8 Å². The van der Waals surface area contributed by atoms with Gasteiger partial charge in [-0.2, -0.15) is 0 Å². The third kappa shape index (κ3) is 5.22. The fraction of sp³-hybridized carbons (Fsp3) is 0.611. The zero-order valence-electron chi connectivity index (χ0n) is 14.4. The van der Waals surface area contributed by atoms with Gasteiger partial charge in [0.2, 0.25) is 0 Å². The van der Waals surface area contributed by atoms with Crippen LogP contribution in [0.5, 0.6) is 5.75 Å². The lowest BCUT2D eigenvalue weighted by Gasteiger charge is -2.33. The van der Waals surface area contributed by atoms with Gasteiger partial charge < -0.3 is 19.7 Å². The molecule has 1 N–H and O–H groups in total. The van der Waals surface area contributed by atoms with E-state index in [-0.39, 0.29) is 5.91 Å². The van der Waals surface area contributed by atoms with Crippen LogP contribution in [-0.4, -0.2) is 50.7 Å². The number of rotatable bonds is 7. The SMILES string of the molecule is CNCC1CCN(C(=O)C(C)OCc2cccc(OC)c2)CC1. The van der Waals surface area contributed by atoms with Crippen molar-refractivity contribution in [3.63, 3.8) is 0 Å². The van der Waals surface area contributed by atoms with Crippen molar-refractivity contribution in [2.75, 3.05) is 33.8 Å². The smallest absolute Gasteiger partial charge is 0.251 e. The average Bonchev–Trinajstić information content (AvgIpc) is 2.60. The van der Waals surface area contributed by atoms with Crippen LogP contribution in [0.3, 0.4) is 0 Å². The second-order valence-corrected chi connectivity index (χ2v) is 6.13. The number of nitrogens with zero attached hydrogens (tertiary/aromatic N) is 1. The number of ether oxygens (including phenoxy) is 2. The second kappa shape index (κ2) is 8.89. The summed E-state index contributed by atoms with van der Waals surface area (Å²) >= 11 is 0. The summed E-state index contributed by atoms with van der Waals surface area (Å²) in [5.74, 6) is 1.57. The summed E-state index contributed by atoms with van der Waals surface area (Å²) in [6.07, 6.45) is 1.71. The number of amides is 1. The normalized spacial score (nSPS) is 17.1. The number of hydrogen-bond acceptors (Lipinski definition) is 4. The molecule has 1 atom stereocenters. The number of likely N-dealkylation sites (tertiary alicyclic amines) is 1. The monoisotopic (exact) mass is 320 g/mol. The van der Waals surface area contributed by atoms with Crippen molar-refractivity contribution in [1.82, 2.24) is 10.2 Å². The Balaban J connectivity index is 1.79. The molecule has 5 heteroatoms. The van der Waals surface area contributed by atoms with Crippen molar-refractivity contribution in [3.8, 4) is 5.75 Å². The van der Waals surface area contributed by atoms with Gasteiger partial charge in [-0.3, -0.25) is 4.79 Å². The van der Waals surface area contributed by atoms with Gasteiger partial charge in [0.15, 0.2) is 0 Å². The molecule has 0 aliphatic carbocycles. The highest BCUT2D eigenvalue weighted by atomic mass is 16.5. The highest BCUT2D eigenvalue weighted by Gasteiger charge is 2.26. The van der Waals surface area contributed by atoms with Gasteiger partial charge in [-0.15, -0.1) is 0 Å². The van der Waals surface area contributed by atoms with Crippen LogP contribution in [-0.2, 0) is 16.1 Å². The van der Waals surface area contributed by atoms with Crippen molar-refractivity contribution in [3.05, 3.63) is 29.8 Å². The first-order valence-electron chi connectivity index (χ1n) is 8.32. The first-order valence-corrected chi connectivity index (χ1v) is 8.32. The molecular weight excluding hydrogens is 292 g/mol. The molecule has 0 saturated carbocycles. The topological polar surface area (TPSA) is 50.8 Å². The Bertz CT molecular complexity index is 499. The highest BCUT2D eigenvalue weighted by molar-refractivity contribution is 5.80. The third-order valence-corrected chi connectivity index (χ3v) is 4.40. The lowest BCUT2D eigenvalue weighted by atomic mass is 9.96. The predicted octanol–water partition coefficient (Wildman–Crippen LogP) is 2.06. The van der Waals surface area contributed by atoms with Gasteiger partial charge in [0.05, 0.1) is 13.7 Å². The Hall–Kier alpha value is -1.59. The molecule has 1 heterocycles. The molecule has 5 nitrogen and oxygen atoms in total. The molecule has 1 unspecified atom stereocenters. The molecule has 1 aliphatic heterocycles. The number of piperidine rings is 1. The summed E-state index contributed by atoms with van der Waals surface area (Å²) in [7, 11) is 3.62. The van der Waals surface area contributed by atoms with E-state index in [1.807, 2.05) is 43.1 Å². The molecule has 1 aromatic carbocycles. The van der Waals surface area contributed by atoms with E-state index in [1.54, 1.807) is 7.11 Å². The van der Waals surface area contributed by atoms with Crippen LogP contribution in [0.25, 0.3) is 0 Å². The van der Waals surface area contributed by atoms with Gasteiger partial charge in [0, 0.05) is 13.1 Å². The van der Waals surface area contributed by atoms with Crippen molar-refractivity contribution < 1.29 is 14.3 Å². The summed E-state index contributed by atoms with van der Waals surface area (Å²) in [6, 6.07) is 7.73. The Morgan fingerprint density at radius 3 is 2.78 bits per heavy atom. The van der Waals surface area contributed by atoms with Gasteiger partial charge in [0.25, 0.3) is 5.91 Å². The molecule has 23 heavy (non-hydrogen) atoms. The molecule has 1 fully saturated rings. The van der Waals surface area contributed by atoms with Crippen LogP contribution in [0.2, 0.25) is 0 Å². The van der Waals surface area contributed by atoms with Crippen molar-refractivity contribution in [2.24, 2.45) is 5.92 Å². The summed E-state index contributed by atoms with van der Waals surface area (Å²) < 4.78 is 11.0. The van der Waals surface area contributed by atoms with Crippen LogP contribution < -0.4 is 10.1 Å². The Labute approximate surface area is 139 Å². The zero-order chi connectivity index (χ0) is 16.7. The third-order valence-electron chi connectivity index (χ3n) is 4.40. The zero-order valence-corrected chi connectivity index (χ0v) is 14.4. The molecule has 0 bridgehead atoms. The average molecular weight is 320 g/mol. The van der Waals surface area contributed by atoms with Crippen LogP contribution >= 0.6 is 0 Å². The summed E-state index contributed by atoms with van der Waals surface area (Å²) in [6.45, 7) is 4.95. The van der Waals surface area contributed by atoms with Crippen LogP contribution in [0, 0.1) is 5.92 Å². The van der Waals surface area contributed by atoms with Gasteiger partial charge in [-0.25, -0.2) is 0 Å². The molecule has 0 spiro atoms. The van der Waals surface area contributed by atoms with Gasteiger partial charge in [0.1, 0.15) is 11.9 Å². The quantitative estimate of drug-likeness (QED) is 0.835. The van der Waals surface area contributed by atoms with E-state index in [0.29, 0.717) is 12.5 Å². The van der Waals surface area contributed by atoms with Crippen LogP contribution in [0.15, 0.2) is 24.3 Å². The first-order chi connectivity index (χ1) is 11.1. The minimum absolute atomic E-state index is 0.0933. The minimum Gasteiger partial charge on any atom is -0.497 e. The summed E-state index contributed by atoms with van der Waals surface area (Å²) in [4.78, 5) is 14.4. The lowest BCUT2D eigenvalue weighted by Crippen LogP contribution is -2.44. The maximum atomic E-state index is 12.5. The standard InChI is InChI=1S/C18H28N2O3/c1-14(23-13-16-5-4-6-17(11-16)22-3)18(21)20-9-7-15(8-10-20)12-19-2/h4-6,11,14-15,19H,7-10,12-13H2,1-3H3. The van der Waals surface area contributed by atoms with Crippen LogP contribution in [0.4, 0.5) is 0 Å². The van der Waals surface area contributed by atoms with E-state index >= 15 is 0 Å². The number of benzene rings is 1. The Morgan fingerprint density at radius 1 is 1.39 bits per heavy atom. The number of methoxy groups -OCH3 is 1. The largest absolute Gasteiger partial charge is 0.497 e. The molecule has 1 saturated heterocycles. The van der Waals surface area contributed by atoms with Crippen molar-refractivity contribution in [2.45, 2.75) is 32.5 Å². The molecule has 128 valence electrons. The molecule has 1 amide bonds. The van der Waals surface area contributed by atoms with E-state index in [1.165, 1.54) is 0 Å². The molecular formula is C18H28N2O3. The van der Waals surface area contributed by atoms with E-state index in [4.69, 9.17) is 9.47 Å². The molecule has 1 aliphatic rings. The molecule has 0 radical (unpaired) electrons. The number of nitrogens with one attached hydrogen (secondary N) is 1. The van der Waals surface area contributed by atoms with Gasteiger partial charge >= 0.3 is 0 Å². The minimum atomic E-state index is -0.415. The maximum absolute atomic E-state index is 12.5. The lowest BCUT2D eigenvalue weighted by molar-refractivity contribution is -0.144. The predicted molar refractivity (Wildman–Crippen MR) is 90.5 cm³/mol. The Morgan fingerprint density at radius 2 is 2.13 bits per heavy atom. The maximum Gasteiger partial charge on any atom is 0.251 e. The second-order valence-electron chi connectivity index (χ2n) is 6.13. The van der Waals surface area contributed by atoms with E-state index in [9.17, 15) is 4.79 Å². The van der Waals surface area contributed by atoms with Crippen LogP contribution in [0.1, 0.15) is 25.3 Å².